The highest BCUT2D eigenvalue weighted by molar-refractivity contribution is 5.78. The lowest BCUT2D eigenvalue weighted by atomic mass is 10.2. The first-order chi connectivity index (χ1) is 12.8. The third kappa shape index (κ3) is 8.59. The standard InChI is InChI=1S/C22H36O4/c1-4-7-10-13-24-20-16-19(18-23)17-21(25-14-11-8-5-2)22(20)26-15-12-9-6-3/h16-18H,4-15H2,1-3H3. The molecule has 26 heavy (non-hydrogen) atoms. The summed E-state index contributed by atoms with van der Waals surface area (Å²) in [5, 5.41) is 0. The average Bonchev–Trinajstić information content (AvgIpc) is 2.66. The molecule has 1 aromatic rings. The zero-order chi connectivity index (χ0) is 19.0. The predicted octanol–water partition coefficient (Wildman–Crippen LogP) is 6.21. The van der Waals surface area contributed by atoms with Crippen LogP contribution in [0.15, 0.2) is 12.1 Å². The fraction of sp³-hybridized carbons (Fsp3) is 0.682. The first-order valence-electron chi connectivity index (χ1n) is 10.3. The molecule has 0 aromatic heterocycles. The van der Waals surface area contributed by atoms with Gasteiger partial charge in [-0.1, -0.05) is 59.3 Å². The number of carbonyl (C=O) groups excluding carboxylic acids is 1. The molecular formula is C22H36O4. The van der Waals surface area contributed by atoms with Gasteiger partial charge in [0.1, 0.15) is 6.29 Å². The Morgan fingerprint density at radius 3 is 1.50 bits per heavy atom. The molecule has 0 aliphatic carbocycles. The van der Waals surface area contributed by atoms with Gasteiger partial charge in [0.25, 0.3) is 0 Å². The van der Waals surface area contributed by atoms with Gasteiger partial charge < -0.3 is 14.2 Å². The number of unbranched alkanes of at least 4 members (excludes halogenated alkanes) is 6. The molecule has 0 aliphatic rings. The van der Waals surface area contributed by atoms with Gasteiger partial charge >= 0.3 is 0 Å². The second-order valence-electron chi connectivity index (χ2n) is 6.63. The zero-order valence-electron chi connectivity index (χ0n) is 16.9. The van der Waals surface area contributed by atoms with E-state index in [1.54, 1.807) is 12.1 Å². The Morgan fingerprint density at radius 1 is 0.692 bits per heavy atom. The molecule has 4 nitrogen and oxygen atoms in total. The molecule has 0 saturated carbocycles. The van der Waals surface area contributed by atoms with Crippen molar-refractivity contribution in [2.24, 2.45) is 0 Å². The smallest absolute Gasteiger partial charge is 0.203 e. The van der Waals surface area contributed by atoms with E-state index in [2.05, 4.69) is 20.8 Å². The molecule has 0 bridgehead atoms. The quantitative estimate of drug-likeness (QED) is 0.258. The van der Waals surface area contributed by atoms with E-state index in [1.165, 1.54) is 0 Å². The molecule has 0 spiro atoms. The van der Waals surface area contributed by atoms with Crippen LogP contribution in [-0.2, 0) is 0 Å². The number of ether oxygens (including phenoxy) is 3. The molecule has 0 saturated heterocycles. The van der Waals surface area contributed by atoms with Gasteiger partial charge in [-0.2, -0.15) is 0 Å². The molecule has 0 fully saturated rings. The Labute approximate surface area is 159 Å². The van der Waals surface area contributed by atoms with Gasteiger partial charge in [0, 0.05) is 5.56 Å². The second kappa shape index (κ2) is 14.5. The van der Waals surface area contributed by atoms with Crippen molar-refractivity contribution < 1.29 is 19.0 Å². The molecule has 0 amide bonds. The van der Waals surface area contributed by atoms with Crippen molar-refractivity contribution in [1.82, 2.24) is 0 Å². The molecule has 0 heterocycles. The van der Waals surface area contributed by atoms with Crippen LogP contribution in [0.2, 0.25) is 0 Å². The molecule has 4 heteroatoms. The lowest BCUT2D eigenvalue weighted by Crippen LogP contribution is -2.07. The van der Waals surface area contributed by atoms with Crippen LogP contribution < -0.4 is 14.2 Å². The van der Waals surface area contributed by atoms with Gasteiger partial charge in [0.05, 0.1) is 19.8 Å². The van der Waals surface area contributed by atoms with Crippen LogP contribution in [0.4, 0.5) is 0 Å². The van der Waals surface area contributed by atoms with E-state index in [9.17, 15) is 4.79 Å². The van der Waals surface area contributed by atoms with Crippen molar-refractivity contribution in [3.8, 4) is 17.2 Å². The predicted molar refractivity (Wildman–Crippen MR) is 107 cm³/mol. The molecule has 0 atom stereocenters. The minimum absolute atomic E-state index is 0.557. The molecule has 1 aromatic carbocycles. The first-order valence-corrected chi connectivity index (χ1v) is 10.3. The molecule has 1 rings (SSSR count). The SMILES string of the molecule is CCCCCOc1cc(C=O)cc(OCCCCC)c1OCCCCC. The average molecular weight is 365 g/mol. The minimum Gasteiger partial charge on any atom is -0.490 e. The topological polar surface area (TPSA) is 44.8 Å². The molecule has 0 aliphatic heterocycles. The third-order valence-corrected chi connectivity index (χ3v) is 4.18. The van der Waals surface area contributed by atoms with Crippen molar-refractivity contribution in [3.63, 3.8) is 0 Å². The van der Waals surface area contributed by atoms with E-state index in [0.29, 0.717) is 42.6 Å². The highest BCUT2D eigenvalue weighted by Gasteiger charge is 2.15. The van der Waals surface area contributed by atoms with Crippen LogP contribution in [0.25, 0.3) is 0 Å². The van der Waals surface area contributed by atoms with Crippen LogP contribution >= 0.6 is 0 Å². The zero-order valence-corrected chi connectivity index (χ0v) is 16.9. The van der Waals surface area contributed by atoms with E-state index >= 15 is 0 Å². The number of carbonyl (C=O) groups is 1. The van der Waals surface area contributed by atoms with E-state index in [-0.39, 0.29) is 0 Å². The molecule has 0 unspecified atom stereocenters. The molecule has 148 valence electrons. The fourth-order valence-electron chi connectivity index (χ4n) is 2.62. The minimum atomic E-state index is 0.557. The Morgan fingerprint density at radius 2 is 1.12 bits per heavy atom. The number of benzene rings is 1. The van der Waals surface area contributed by atoms with Crippen LogP contribution in [-0.4, -0.2) is 26.1 Å². The van der Waals surface area contributed by atoms with Crippen LogP contribution in [0.1, 0.15) is 88.9 Å². The summed E-state index contributed by atoms with van der Waals surface area (Å²) < 4.78 is 17.9. The highest BCUT2D eigenvalue weighted by atomic mass is 16.5. The van der Waals surface area contributed by atoms with Crippen molar-refractivity contribution in [2.75, 3.05) is 19.8 Å². The lowest BCUT2D eigenvalue weighted by Gasteiger charge is -2.18. The van der Waals surface area contributed by atoms with Crippen molar-refractivity contribution in [3.05, 3.63) is 17.7 Å². The summed E-state index contributed by atoms with van der Waals surface area (Å²) in [5.74, 6) is 1.88. The summed E-state index contributed by atoms with van der Waals surface area (Å²) in [5.41, 5.74) is 0.557. The number of rotatable bonds is 16. The Hall–Kier alpha value is -1.71. The third-order valence-electron chi connectivity index (χ3n) is 4.18. The van der Waals surface area contributed by atoms with Gasteiger partial charge in [0.15, 0.2) is 11.5 Å². The van der Waals surface area contributed by atoms with Crippen molar-refractivity contribution in [2.45, 2.75) is 78.6 Å². The van der Waals surface area contributed by atoms with Crippen molar-refractivity contribution in [1.29, 1.82) is 0 Å². The second-order valence-corrected chi connectivity index (χ2v) is 6.63. The number of aldehydes is 1. The molecular weight excluding hydrogens is 328 g/mol. The van der Waals surface area contributed by atoms with E-state index < -0.39 is 0 Å². The van der Waals surface area contributed by atoms with Gasteiger partial charge in [-0.3, -0.25) is 4.79 Å². The first kappa shape index (κ1) is 22.3. The summed E-state index contributed by atoms with van der Waals surface area (Å²) in [6, 6.07) is 3.51. The van der Waals surface area contributed by atoms with Crippen LogP contribution in [0, 0.1) is 0 Å². The summed E-state index contributed by atoms with van der Waals surface area (Å²) in [4.78, 5) is 11.3. The Kier molecular flexibility index (Phi) is 12.4. The maximum Gasteiger partial charge on any atom is 0.203 e. The molecule has 0 radical (unpaired) electrons. The van der Waals surface area contributed by atoms with E-state index in [0.717, 1.165) is 64.1 Å². The maximum atomic E-state index is 11.3. The number of hydrogen-bond donors (Lipinski definition) is 0. The van der Waals surface area contributed by atoms with Gasteiger partial charge in [0.2, 0.25) is 5.75 Å². The van der Waals surface area contributed by atoms with Gasteiger partial charge in [-0.05, 0) is 31.4 Å². The van der Waals surface area contributed by atoms with E-state index in [1.807, 2.05) is 0 Å². The van der Waals surface area contributed by atoms with Crippen LogP contribution in [0.3, 0.4) is 0 Å². The lowest BCUT2D eigenvalue weighted by molar-refractivity contribution is 0.112. The normalized spacial score (nSPS) is 10.6. The Bertz CT molecular complexity index is 466. The van der Waals surface area contributed by atoms with Gasteiger partial charge in [-0.25, -0.2) is 0 Å². The number of hydrogen-bond acceptors (Lipinski definition) is 4. The highest BCUT2D eigenvalue weighted by Crippen LogP contribution is 2.39. The summed E-state index contributed by atoms with van der Waals surface area (Å²) >= 11 is 0. The maximum absolute atomic E-state index is 11.3. The monoisotopic (exact) mass is 364 g/mol. The summed E-state index contributed by atoms with van der Waals surface area (Å²) in [6.45, 7) is 8.37. The fourth-order valence-corrected chi connectivity index (χ4v) is 2.62. The van der Waals surface area contributed by atoms with Gasteiger partial charge in [-0.15, -0.1) is 0 Å². The summed E-state index contributed by atoms with van der Waals surface area (Å²) in [6.07, 6.45) is 10.6. The molecule has 0 N–H and O–H groups in total. The Balaban J connectivity index is 2.90. The summed E-state index contributed by atoms with van der Waals surface area (Å²) in [7, 11) is 0. The van der Waals surface area contributed by atoms with E-state index in [4.69, 9.17) is 14.2 Å². The van der Waals surface area contributed by atoms with Crippen molar-refractivity contribution >= 4 is 6.29 Å². The largest absolute Gasteiger partial charge is 0.490 e. The van der Waals surface area contributed by atoms with Crippen LogP contribution in [0.5, 0.6) is 17.2 Å².